The average molecular weight is 260 g/mol. The Labute approximate surface area is 112 Å². The molecule has 3 nitrogen and oxygen atoms in total. The van der Waals surface area contributed by atoms with E-state index in [9.17, 15) is 9.50 Å². The number of aliphatic hydroxyl groups excluding tert-OH is 1. The van der Waals surface area contributed by atoms with Crippen LogP contribution in [-0.2, 0) is 6.54 Å². The number of aromatic nitrogens is 1. The number of hydrogen-bond acceptors (Lipinski definition) is 3. The van der Waals surface area contributed by atoms with Gasteiger partial charge in [-0.1, -0.05) is 24.3 Å². The van der Waals surface area contributed by atoms with Crippen LogP contribution in [0.4, 0.5) is 4.39 Å². The normalized spacial score (nSPS) is 12.4. The third kappa shape index (κ3) is 3.59. The molecule has 0 aliphatic heterocycles. The molecule has 0 saturated carbocycles. The summed E-state index contributed by atoms with van der Waals surface area (Å²) in [5, 5.41) is 13.0. The van der Waals surface area contributed by atoms with E-state index in [1.54, 1.807) is 24.4 Å². The van der Waals surface area contributed by atoms with E-state index in [2.05, 4.69) is 10.3 Å². The molecular formula is C15H17FN2O. The summed E-state index contributed by atoms with van der Waals surface area (Å²) in [5.74, 6) is -0.380. The Bertz CT molecular complexity index is 545. The quantitative estimate of drug-likeness (QED) is 0.867. The third-order valence-corrected chi connectivity index (χ3v) is 3.03. The van der Waals surface area contributed by atoms with Crippen LogP contribution in [0.15, 0.2) is 42.6 Å². The van der Waals surface area contributed by atoms with Crippen LogP contribution < -0.4 is 5.32 Å². The van der Waals surface area contributed by atoms with Gasteiger partial charge in [0.1, 0.15) is 5.82 Å². The Morgan fingerprint density at radius 1 is 1.26 bits per heavy atom. The zero-order valence-corrected chi connectivity index (χ0v) is 10.8. The zero-order valence-electron chi connectivity index (χ0n) is 10.8. The molecule has 0 radical (unpaired) electrons. The fraction of sp³-hybridized carbons (Fsp3) is 0.267. The number of hydrogen-bond donors (Lipinski definition) is 2. The number of rotatable bonds is 5. The van der Waals surface area contributed by atoms with Gasteiger partial charge >= 0.3 is 0 Å². The van der Waals surface area contributed by atoms with E-state index in [1.807, 2.05) is 19.1 Å². The van der Waals surface area contributed by atoms with Crippen molar-refractivity contribution >= 4 is 0 Å². The maximum absolute atomic E-state index is 13.5. The van der Waals surface area contributed by atoms with Crippen molar-refractivity contribution in [3.05, 3.63) is 65.2 Å². The summed E-state index contributed by atoms with van der Waals surface area (Å²) in [6, 6.07) is 10.1. The zero-order chi connectivity index (χ0) is 13.7. The van der Waals surface area contributed by atoms with Crippen molar-refractivity contribution < 1.29 is 9.50 Å². The van der Waals surface area contributed by atoms with Crippen molar-refractivity contribution in [2.75, 3.05) is 6.54 Å². The van der Waals surface area contributed by atoms with E-state index in [-0.39, 0.29) is 5.82 Å². The van der Waals surface area contributed by atoms with Crippen LogP contribution in [0.3, 0.4) is 0 Å². The molecule has 100 valence electrons. The minimum absolute atomic E-state index is 0.301. The molecule has 2 aromatic rings. The van der Waals surface area contributed by atoms with Crippen molar-refractivity contribution in [1.82, 2.24) is 10.3 Å². The van der Waals surface area contributed by atoms with Gasteiger partial charge in [-0.05, 0) is 24.6 Å². The molecule has 0 aliphatic carbocycles. The van der Waals surface area contributed by atoms with E-state index in [1.165, 1.54) is 6.07 Å². The summed E-state index contributed by atoms with van der Waals surface area (Å²) in [7, 11) is 0. The van der Waals surface area contributed by atoms with Gasteiger partial charge in [-0.2, -0.15) is 0 Å². The summed E-state index contributed by atoms with van der Waals surface area (Å²) >= 11 is 0. The monoisotopic (exact) mass is 260 g/mol. The lowest BCUT2D eigenvalue weighted by Crippen LogP contribution is -2.22. The Morgan fingerprint density at radius 2 is 2.05 bits per heavy atom. The number of pyridine rings is 1. The molecule has 1 unspecified atom stereocenters. The molecule has 0 bridgehead atoms. The number of halogens is 1. The van der Waals surface area contributed by atoms with Gasteiger partial charge < -0.3 is 10.4 Å². The summed E-state index contributed by atoms with van der Waals surface area (Å²) < 4.78 is 13.5. The lowest BCUT2D eigenvalue weighted by Gasteiger charge is -2.13. The predicted molar refractivity (Wildman–Crippen MR) is 72.0 cm³/mol. The van der Waals surface area contributed by atoms with E-state index in [4.69, 9.17) is 0 Å². The van der Waals surface area contributed by atoms with Gasteiger partial charge in [-0.3, -0.25) is 4.98 Å². The molecule has 1 aromatic heterocycles. The summed E-state index contributed by atoms with van der Waals surface area (Å²) in [4.78, 5) is 4.19. The van der Waals surface area contributed by atoms with Crippen molar-refractivity contribution in [1.29, 1.82) is 0 Å². The third-order valence-electron chi connectivity index (χ3n) is 3.03. The average Bonchev–Trinajstić information content (AvgIpc) is 2.41. The first-order chi connectivity index (χ1) is 9.18. The van der Waals surface area contributed by atoms with Crippen LogP contribution >= 0.6 is 0 Å². The second-order valence-corrected chi connectivity index (χ2v) is 4.42. The van der Waals surface area contributed by atoms with Crippen molar-refractivity contribution in [2.24, 2.45) is 0 Å². The molecule has 0 spiro atoms. The SMILES string of the molecule is Cc1ncccc1CNCC(O)c1ccccc1F. The molecule has 2 N–H and O–H groups in total. The van der Waals surface area contributed by atoms with Gasteiger partial charge in [0.15, 0.2) is 0 Å². The largest absolute Gasteiger partial charge is 0.387 e. The Hall–Kier alpha value is -1.78. The van der Waals surface area contributed by atoms with Crippen molar-refractivity contribution in [3.8, 4) is 0 Å². The molecule has 2 rings (SSSR count). The topological polar surface area (TPSA) is 45.2 Å². The molecule has 1 atom stereocenters. The Kier molecular flexibility index (Phi) is 4.60. The second kappa shape index (κ2) is 6.41. The van der Waals surface area contributed by atoms with Gasteiger partial charge in [0.05, 0.1) is 6.10 Å². The number of nitrogens with one attached hydrogen (secondary N) is 1. The fourth-order valence-electron chi connectivity index (χ4n) is 1.90. The number of aryl methyl sites for hydroxylation is 1. The van der Waals surface area contributed by atoms with Crippen molar-refractivity contribution in [2.45, 2.75) is 19.6 Å². The van der Waals surface area contributed by atoms with Crippen LogP contribution in [0.1, 0.15) is 22.9 Å². The minimum Gasteiger partial charge on any atom is -0.387 e. The number of benzene rings is 1. The smallest absolute Gasteiger partial charge is 0.129 e. The molecule has 0 aliphatic rings. The van der Waals surface area contributed by atoms with E-state index in [0.717, 1.165) is 11.3 Å². The van der Waals surface area contributed by atoms with Gasteiger partial charge in [0, 0.05) is 30.5 Å². The standard InChI is InChI=1S/C15H17FN2O/c1-11-12(5-4-8-18-11)9-17-10-15(19)13-6-2-3-7-14(13)16/h2-8,15,17,19H,9-10H2,1H3. The predicted octanol–water partition coefficient (Wildman–Crippen LogP) is 2.35. The first-order valence-corrected chi connectivity index (χ1v) is 6.22. The molecule has 1 aromatic carbocycles. The minimum atomic E-state index is -0.849. The molecule has 0 amide bonds. The van der Waals surface area contributed by atoms with Gasteiger partial charge in [0.2, 0.25) is 0 Å². The summed E-state index contributed by atoms with van der Waals surface area (Å²) in [6.07, 6.45) is 0.894. The number of nitrogens with zero attached hydrogens (tertiary/aromatic N) is 1. The lowest BCUT2D eigenvalue weighted by atomic mass is 10.1. The van der Waals surface area contributed by atoms with E-state index < -0.39 is 6.10 Å². The maximum atomic E-state index is 13.5. The molecule has 4 heteroatoms. The van der Waals surface area contributed by atoms with Crippen LogP contribution in [-0.4, -0.2) is 16.6 Å². The van der Waals surface area contributed by atoms with Crippen LogP contribution in [0.2, 0.25) is 0 Å². The lowest BCUT2D eigenvalue weighted by molar-refractivity contribution is 0.169. The summed E-state index contributed by atoms with van der Waals surface area (Å²) in [6.45, 7) is 2.84. The Balaban J connectivity index is 1.90. The fourth-order valence-corrected chi connectivity index (χ4v) is 1.90. The highest BCUT2D eigenvalue weighted by molar-refractivity contribution is 5.20. The van der Waals surface area contributed by atoms with E-state index >= 15 is 0 Å². The van der Waals surface area contributed by atoms with Gasteiger partial charge in [0.25, 0.3) is 0 Å². The molecule has 0 fully saturated rings. The van der Waals surface area contributed by atoms with Gasteiger partial charge in [-0.25, -0.2) is 4.39 Å². The molecule has 1 heterocycles. The highest BCUT2D eigenvalue weighted by Crippen LogP contribution is 2.15. The number of aliphatic hydroxyl groups is 1. The first-order valence-electron chi connectivity index (χ1n) is 6.22. The second-order valence-electron chi connectivity index (χ2n) is 4.42. The van der Waals surface area contributed by atoms with Crippen LogP contribution in [0.25, 0.3) is 0 Å². The Morgan fingerprint density at radius 3 is 2.79 bits per heavy atom. The van der Waals surface area contributed by atoms with Crippen molar-refractivity contribution in [3.63, 3.8) is 0 Å². The highest BCUT2D eigenvalue weighted by atomic mass is 19.1. The molecule has 0 saturated heterocycles. The summed E-state index contributed by atoms with van der Waals surface area (Å²) in [5.41, 5.74) is 2.34. The van der Waals surface area contributed by atoms with Crippen LogP contribution in [0, 0.1) is 12.7 Å². The molecule has 19 heavy (non-hydrogen) atoms. The highest BCUT2D eigenvalue weighted by Gasteiger charge is 2.11. The molecular weight excluding hydrogens is 243 g/mol. The first kappa shape index (κ1) is 13.6. The van der Waals surface area contributed by atoms with Gasteiger partial charge in [-0.15, -0.1) is 0 Å². The van der Waals surface area contributed by atoms with E-state index in [0.29, 0.717) is 18.7 Å². The van der Waals surface area contributed by atoms with Crippen LogP contribution in [0.5, 0.6) is 0 Å². The maximum Gasteiger partial charge on any atom is 0.129 e.